The van der Waals surface area contributed by atoms with Crippen LogP contribution in [0.15, 0.2) is 53.4 Å². The standard InChI is InChI=1S/C20H20FN5O2.C2HF3O2/c21-17-5-2-15(3-6-17)19-16(14-24-28-19)4-7-18(27)25-10-12-26(13-11-25)20-22-8-1-9-23-20;3-2(4,5)1(6)7/h1-3,5-6,8-9,14H,4,7,10-13H2;(H,6,7). The highest BCUT2D eigenvalue weighted by Crippen LogP contribution is 2.25. The Balaban J connectivity index is 0.000000429. The van der Waals surface area contributed by atoms with E-state index < -0.39 is 12.1 Å². The zero-order chi connectivity index (χ0) is 25.4. The van der Waals surface area contributed by atoms with Crippen molar-refractivity contribution in [1.29, 1.82) is 0 Å². The first-order valence-electron chi connectivity index (χ1n) is 10.4. The van der Waals surface area contributed by atoms with Gasteiger partial charge in [0.05, 0.1) is 6.20 Å². The fraction of sp³-hybridized carbons (Fsp3) is 0.318. The summed E-state index contributed by atoms with van der Waals surface area (Å²) in [5, 5.41) is 11.0. The Morgan fingerprint density at radius 1 is 1.03 bits per heavy atom. The Morgan fingerprint density at radius 3 is 2.20 bits per heavy atom. The molecule has 4 rings (SSSR count). The van der Waals surface area contributed by atoms with Crippen molar-refractivity contribution in [1.82, 2.24) is 20.0 Å². The maximum absolute atomic E-state index is 13.1. The average Bonchev–Trinajstić information content (AvgIpc) is 3.32. The monoisotopic (exact) mass is 495 g/mol. The highest BCUT2D eigenvalue weighted by atomic mass is 19.4. The first kappa shape index (κ1) is 25.6. The van der Waals surface area contributed by atoms with Gasteiger partial charge in [-0.2, -0.15) is 13.2 Å². The molecule has 0 aliphatic carbocycles. The summed E-state index contributed by atoms with van der Waals surface area (Å²) in [5.41, 5.74) is 1.59. The Hall–Kier alpha value is -4.03. The van der Waals surface area contributed by atoms with Crippen LogP contribution in [0.1, 0.15) is 12.0 Å². The first-order chi connectivity index (χ1) is 16.6. The molecule has 1 aliphatic heterocycles. The number of hydrogen-bond donors (Lipinski definition) is 1. The van der Waals surface area contributed by atoms with Crippen molar-refractivity contribution in [3.05, 3.63) is 60.3 Å². The third-order valence-electron chi connectivity index (χ3n) is 5.07. The fourth-order valence-electron chi connectivity index (χ4n) is 3.29. The van der Waals surface area contributed by atoms with Gasteiger partial charge in [0.1, 0.15) is 5.82 Å². The number of aliphatic carboxylic acids is 1. The minimum Gasteiger partial charge on any atom is -0.475 e. The number of benzene rings is 1. The van der Waals surface area contributed by atoms with E-state index in [0.29, 0.717) is 50.7 Å². The molecule has 1 fully saturated rings. The quantitative estimate of drug-likeness (QED) is 0.537. The van der Waals surface area contributed by atoms with Crippen LogP contribution in [0, 0.1) is 5.82 Å². The number of halogens is 4. The molecule has 186 valence electrons. The molecule has 13 heteroatoms. The van der Waals surface area contributed by atoms with Crippen LogP contribution in [0.5, 0.6) is 0 Å². The predicted molar refractivity (Wildman–Crippen MR) is 115 cm³/mol. The lowest BCUT2D eigenvalue weighted by Crippen LogP contribution is -2.49. The van der Waals surface area contributed by atoms with E-state index in [4.69, 9.17) is 14.4 Å². The van der Waals surface area contributed by atoms with Gasteiger partial charge in [-0.25, -0.2) is 19.2 Å². The molecular weight excluding hydrogens is 474 g/mol. The summed E-state index contributed by atoms with van der Waals surface area (Å²) in [4.78, 5) is 34.0. The summed E-state index contributed by atoms with van der Waals surface area (Å²) >= 11 is 0. The van der Waals surface area contributed by atoms with E-state index in [0.717, 1.165) is 11.1 Å². The normalized spacial score (nSPS) is 13.7. The van der Waals surface area contributed by atoms with Crippen LogP contribution in [0.4, 0.5) is 23.5 Å². The summed E-state index contributed by atoms with van der Waals surface area (Å²) < 4.78 is 50.2. The number of nitrogens with zero attached hydrogens (tertiary/aromatic N) is 5. The van der Waals surface area contributed by atoms with Gasteiger partial charge in [0.15, 0.2) is 5.76 Å². The molecule has 3 aromatic rings. The van der Waals surface area contributed by atoms with Gasteiger partial charge in [-0.3, -0.25) is 4.79 Å². The van der Waals surface area contributed by atoms with Crippen molar-refractivity contribution in [3.8, 4) is 11.3 Å². The Morgan fingerprint density at radius 2 is 1.63 bits per heavy atom. The van der Waals surface area contributed by atoms with Crippen LogP contribution in [-0.2, 0) is 16.0 Å². The molecule has 0 spiro atoms. The van der Waals surface area contributed by atoms with Crippen LogP contribution in [0.25, 0.3) is 11.3 Å². The van der Waals surface area contributed by atoms with Crippen LogP contribution >= 0.6 is 0 Å². The number of piperazine rings is 1. The van der Waals surface area contributed by atoms with Crippen LogP contribution in [0.3, 0.4) is 0 Å². The van der Waals surface area contributed by atoms with E-state index in [2.05, 4.69) is 20.0 Å². The molecule has 1 amide bonds. The summed E-state index contributed by atoms with van der Waals surface area (Å²) in [6.45, 7) is 2.71. The van der Waals surface area contributed by atoms with E-state index >= 15 is 0 Å². The number of aromatic nitrogens is 3. The van der Waals surface area contributed by atoms with E-state index in [1.54, 1.807) is 36.8 Å². The number of rotatable bonds is 5. The van der Waals surface area contributed by atoms with Gasteiger partial charge in [0.2, 0.25) is 11.9 Å². The molecule has 0 saturated carbocycles. The summed E-state index contributed by atoms with van der Waals surface area (Å²) in [6.07, 6.45) is 0.875. The van der Waals surface area contributed by atoms with Crippen molar-refractivity contribution in [3.63, 3.8) is 0 Å². The Labute approximate surface area is 197 Å². The summed E-state index contributed by atoms with van der Waals surface area (Å²) in [7, 11) is 0. The molecule has 0 atom stereocenters. The number of carbonyl (C=O) groups excluding carboxylic acids is 1. The molecule has 1 saturated heterocycles. The highest BCUT2D eigenvalue weighted by Gasteiger charge is 2.38. The minimum absolute atomic E-state index is 0.0971. The molecule has 1 aromatic carbocycles. The van der Waals surface area contributed by atoms with Gasteiger partial charge in [0, 0.05) is 56.1 Å². The lowest BCUT2D eigenvalue weighted by atomic mass is 10.0. The first-order valence-corrected chi connectivity index (χ1v) is 10.4. The molecule has 2 aromatic heterocycles. The fourth-order valence-corrected chi connectivity index (χ4v) is 3.29. The van der Waals surface area contributed by atoms with Gasteiger partial charge < -0.3 is 19.4 Å². The number of anilines is 1. The molecule has 9 nitrogen and oxygen atoms in total. The second-order valence-electron chi connectivity index (χ2n) is 7.41. The third-order valence-corrected chi connectivity index (χ3v) is 5.07. The molecule has 0 radical (unpaired) electrons. The maximum atomic E-state index is 13.1. The average molecular weight is 495 g/mol. The number of carbonyl (C=O) groups is 2. The van der Waals surface area contributed by atoms with E-state index in [1.165, 1.54) is 12.1 Å². The van der Waals surface area contributed by atoms with Gasteiger partial charge in [0.25, 0.3) is 0 Å². The largest absolute Gasteiger partial charge is 0.490 e. The molecule has 1 aliphatic rings. The van der Waals surface area contributed by atoms with Crippen LogP contribution in [-0.4, -0.2) is 69.4 Å². The number of aryl methyl sites for hydroxylation is 1. The number of amides is 1. The van der Waals surface area contributed by atoms with Crippen molar-refractivity contribution < 1.29 is 36.8 Å². The highest BCUT2D eigenvalue weighted by molar-refractivity contribution is 5.77. The molecule has 35 heavy (non-hydrogen) atoms. The van der Waals surface area contributed by atoms with Crippen molar-refractivity contribution >= 4 is 17.8 Å². The molecule has 3 heterocycles. The zero-order valence-electron chi connectivity index (χ0n) is 18.3. The predicted octanol–water partition coefficient (Wildman–Crippen LogP) is 3.19. The molecule has 0 unspecified atom stereocenters. The second-order valence-corrected chi connectivity index (χ2v) is 7.41. The van der Waals surface area contributed by atoms with E-state index in [1.807, 2.05) is 4.90 Å². The zero-order valence-corrected chi connectivity index (χ0v) is 18.3. The van der Waals surface area contributed by atoms with E-state index in [-0.39, 0.29) is 11.7 Å². The molecule has 0 bridgehead atoms. The van der Waals surface area contributed by atoms with Crippen molar-refractivity contribution in [2.24, 2.45) is 0 Å². The van der Waals surface area contributed by atoms with Gasteiger partial charge in [-0.1, -0.05) is 5.16 Å². The minimum atomic E-state index is -5.08. The molecular formula is C22H21F4N5O4. The van der Waals surface area contributed by atoms with Gasteiger partial charge >= 0.3 is 12.1 Å². The third kappa shape index (κ3) is 7.22. The lowest BCUT2D eigenvalue weighted by molar-refractivity contribution is -0.192. The lowest BCUT2D eigenvalue weighted by Gasteiger charge is -2.34. The molecule has 1 N–H and O–H groups in total. The van der Waals surface area contributed by atoms with E-state index in [9.17, 15) is 22.4 Å². The Bertz CT molecular complexity index is 1110. The van der Waals surface area contributed by atoms with Gasteiger partial charge in [-0.05, 0) is 36.8 Å². The van der Waals surface area contributed by atoms with Gasteiger partial charge in [-0.15, -0.1) is 0 Å². The Kier molecular flexibility index (Phi) is 8.34. The summed E-state index contributed by atoms with van der Waals surface area (Å²) in [5.74, 6) is -1.69. The maximum Gasteiger partial charge on any atom is 0.490 e. The van der Waals surface area contributed by atoms with Crippen LogP contribution < -0.4 is 4.90 Å². The van der Waals surface area contributed by atoms with Crippen molar-refractivity contribution in [2.45, 2.75) is 19.0 Å². The number of hydrogen-bond acceptors (Lipinski definition) is 7. The SMILES string of the molecule is O=C(CCc1cnoc1-c1ccc(F)cc1)N1CCN(c2ncccn2)CC1.O=C(O)C(F)(F)F. The second kappa shape index (κ2) is 11.4. The number of carboxylic acid groups (broad SMARTS) is 1. The number of carboxylic acids is 1. The van der Waals surface area contributed by atoms with Crippen molar-refractivity contribution in [2.75, 3.05) is 31.1 Å². The number of alkyl halides is 3. The topological polar surface area (TPSA) is 113 Å². The smallest absolute Gasteiger partial charge is 0.475 e. The summed E-state index contributed by atoms with van der Waals surface area (Å²) in [6, 6.07) is 7.83. The van der Waals surface area contributed by atoms with Crippen LogP contribution in [0.2, 0.25) is 0 Å².